The maximum absolute atomic E-state index is 12.6. The van der Waals surface area contributed by atoms with Crippen LogP contribution in [0.15, 0.2) is 24.8 Å². The predicted molar refractivity (Wildman–Crippen MR) is 63.7 cm³/mol. The standard InChI is InChI=1S/C12H15F3N2O/c1-3-4-5-6-18-11-8-9(12(13,14)15)7-10(16-2)17-11/h3,7-8H,1,4-6H2,2H3,(H,16,17). The van der Waals surface area contributed by atoms with Gasteiger partial charge in [0, 0.05) is 13.1 Å². The number of halogens is 3. The summed E-state index contributed by atoms with van der Waals surface area (Å²) in [5.41, 5.74) is -0.777. The average molecular weight is 260 g/mol. The van der Waals surface area contributed by atoms with E-state index < -0.39 is 11.7 Å². The van der Waals surface area contributed by atoms with Gasteiger partial charge in [0.25, 0.3) is 0 Å². The van der Waals surface area contributed by atoms with Crippen LogP contribution >= 0.6 is 0 Å². The molecule has 0 aliphatic carbocycles. The van der Waals surface area contributed by atoms with Crippen LogP contribution in [0.2, 0.25) is 0 Å². The van der Waals surface area contributed by atoms with Crippen molar-refractivity contribution in [2.75, 3.05) is 19.0 Å². The zero-order valence-corrected chi connectivity index (χ0v) is 10.0. The van der Waals surface area contributed by atoms with Crippen LogP contribution in [0.5, 0.6) is 5.88 Å². The largest absolute Gasteiger partial charge is 0.478 e. The lowest BCUT2D eigenvalue weighted by atomic mass is 10.2. The Morgan fingerprint density at radius 1 is 1.44 bits per heavy atom. The van der Waals surface area contributed by atoms with Gasteiger partial charge in [-0.3, -0.25) is 0 Å². The molecule has 1 heterocycles. The first kappa shape index (κ1) is 14.3. The minimum absolute atomic E-state index is 0.0294. The molecule has 3 nitrogen and oxygen atoms in total. The van der Waals surface area contributed by atoms with Gasteiger partial charge in [-0.2, -0.15) is 18.2 Å². The molecule has 1 N–H and O–H groups in total. The van der Waals surface area contributed by atoms with Crippen molar-refractivity contribution in [2.45, 2.75) is 19.0 Å². The fraction of sp³-hybridized carbons (Fsp3) is 0.417. The molecular weight excluding hydrogens is 245 g/mol. The summed E-state index contributed by atoms with van der Waals surface area (Å²) in [5, 5.41) is 2.57. The molecular formula is C12H15F3N2O. The Kier molecular flexibility index (Phi) is 5.00. The number of hydrogen-bond donors (Lipinski definition) is 1. The van der Waals surface area contributed by atoms with Gasteiger partial charge in [-0.05, 0) is 18.9 Å². The Bertz CT molecular complexity index is 405. The summed E-state index contributed by atoms with van der Waals surface area (Å²) in [6.07, 6.45) is -1.25. The van der Waals surface area contributed by atoms with E-state index in [-0.39, 0.29) is 11.7 Å². The number of anilines is 1. The minimum atomic E-state index is -4.41. The molecule has 18 heavy (non-hydrogen) atoms. The van der Waals surface area contributed by atoms with Crippen LogP contribution in [0.1, 0.15) is 18.4 Å². The Labute approximate surface area is 104 Å². The topological polar surface area (TPSA) is 34.1 Å². The highest BCUT2D eigenvalue weighted by atomic mass is 19.4. The fourth-order valence-corrected chi connectivity index (χ4v) is 1.28. The van der Waals surface area contributed by atoms with Crippen LogP contribution in [0.25, 0.3) is 0 Å². The number of aromatic nitrogens is 1. The Morgan fingerprint density at radius 2 is 2.17 bits per heavy atom. The van der Waals surface area contributed by atoms with Gasteiger partial charge in [0.05, 0.1) is 12.2 Å². The van der Waals surface area contributed by atoms with Gasteiger partial charge in [0.15, 0.2) is 0 Å². The van der Waals surface area contributed by atoms with Gasteiger partial charge in [-0.1, -0.05) is 6.08 Å². The molecule has 0 bridgehead atoms. The first-order chi connectivity index (χ1) is 8.47. The van der Waals surface area contributed by atoms with E-state index in [2.05, 4.69) is 16.9 Å². The van der Waals surface area contributed by atoms with Crippen molar-refractivity contribution in [3.8, 4) is 5.88 Å². The summed E-state index contributed by atoms with van der Waals surface area (Å²) in [6, 6.07) is 1.84. The summed E-state index contributed by atoms with van der Waals surface area (Å²) in [5.74, 6) is 0.0989. The number of rotatable bonds is 6. The van der Waals surface area contributed by atoms with Gasteiger partial charge < -0.3 is 10.1 Å². The highest BCUT2D eigenvalue weighted by Crippen LogP contribution is 2.32. The van der Waals surface area contributed by atoms with E-state index in [0.717, 1.165) is 18.6 Å². The fourth-order valence-electron chi connectivity index (χ4n) is 1.28. The molecule has 0 unspecified atom stereocenters. The predicted octanol–water partition coefficient (Wildman–Crippen LogP) is 3.49. The highest BCUT2D eigenvalue weighted by Gasteiger charge is 2.31. The lowest BCUT2D eigenvalue weighted by Crippen LogP contribution is -2.08. The molecule has 0 aliphatic rings. The number of hydrogen-bond acceptors (Lipinski definition) is 3. The van der Waals surface area contributed by atoms with E-state index in [0.29, 0.717) is 13.0 Å². The summed E-state index contributed by atoms with van der Waals surface area (Å²) in [4.78, 5) is 3.90. The van der Waals surface area contributed by atoms with Crippen molar-refractivity contribution >= 4 is 5.82 Å². The third kappa shape index (κ3) is 4.27. The molecule has 0 aliphatic heterocycles. The SMILES string of the molecule is C=CCCCOc1cc(C(F)(F)F)cc(NC)n1. The van der Waals surface area contributed by atoms with E-state index in [1.54, 1.807) is 6.08 Å². The van der Waals surface area contributed by atoms with Gasteiger partial charge in [-0.25, -0.2) is 0 Å². The monoisotopic (exact) mass is 260 g/mol. The molecule has 100 valence electrons. The molecule has 0 radical (unpaired) electrons. The lowest BCUT2D eigenvalue weighted by molar-refractivity contribution is -0.137. The van der Waals surface area contributed by atoms with Crippen LogP contribution in [-0.4, -0.2) is 18.6 Å². The normalized spacial score (nSPS) is 11.1. The second kappa shape index (κ2) is 6.28. The average Bonchev–Trinajstić information content (AvgIpc) is 2.33. The molecule has 0 spiro atoms. The molecule has 1 aromatic rings. The van der Waals surface area contributed by atoms with E-state index in [1.165, 1.54) is 7.05 Å². The number of allylic oxidation sites excluding steroid dienone is 1. The van der Waals surface area contributed by atoms with Crippen molar-refractivity contribution in [3.63, 3.8) is 0 Å². The summed E-state index contributed by atoms with van der Waals surface area (Å²) in [7, 11) is 1.50. The number of alkyl halides is 3. The number of ether oxygens (including phenoxy) is 1. The van der Waals surface area contributed by atoms with Crippen LogP contribution < -0.4 is 10.1 Å². The van der Waals surface area contributed by atoms with E-state index >= 15 is 0 Å². The van der Waals surface area contributed by atoms with Crippen molar-refractivity contribution < 1.29 is 17.9 Å². The van der Waals surface area contributed by atoms with Crippen molar-refractivity contribution in [1.82, 2.24) is 4.98 Å². The van der Waals surface area contributed by atoms with Crippen LogP contribution in [0.3, 0.4) is 0 Å². The lowest BCUT2D eigenvalue weighted by Gasteiger charge is -2.11. The number of nitrogens with one attached hydrogen (secondary N) is 1. The third-order valence-corrected chi connectivity index (χ3v) is 2.19. The molecule has 0 amide bonds. The zero-order valence-electron chi connectivity index (χ0n) is 10.0. The van der Waals surface area contributed by atoms with Gasteiger partial charge in [0.2, 0.25) is 5.88 Å². The van der Waals surface area contributed by atoms with Gasteiger partial charge >= 0.3 is 6.18 Å². The van der Waals surface area contributed by atoms with Crippen molar-refractivity contribution in [3.05, 3.63) is 30.4 Å². The Balaban J connectivity index is 2.81. The summed E-state index contributed by atoms with van der Waals surface area (Å²) in [6.45, 7) is 3.86. The molecule has 0 fully saturated rings. The molecule has 0 aromatic carbocycles. The van der Waals surface area contributed by atoms with Crippen LogP contribution in [-0.2, 0) is 6.18 Å². The number of pyridine rings is 1. The van der Waals surface area contributed by atoms with Crippen LogP contribution in [0, 0.1) is 0 Å². The molecule has 0 saturated heterocycles. The van der Waals surface area contributed by atoms with Crippen LogP contribution in [0.4, 0.5) is 19.0 Å². The Hall–Kier alpha value is -1.72. The maximum Gasteiger partial charge on any atom is 0.416 e. The quantitative estimate of drug-likeness (QED) is 0.628. The first-order valence-electron chi connectivity index (χ1n) is 5.48. The van der Waals surface area contributed by atoms with Gasteiger partial charge in [0.1, 0.15) is 5.82 Å². The molecule has 0 atom stereocenters. The van der Waals surface area contributed by atoms with Gasteiger partial charge in [-0.15, -0.1) is 6.58 Å². The maximum atomic E-state index is 12.6. The smallest absolute Gasteiger partial charge is 0.416 e. The minimum Gasteiger partial charge on any atom is -0.478 e. The number of unbranched alkanes of at least 4 members (excludes halogenated alkanes) is 1. The van der Waals surface area contributed by atoms with Crippen molar-refractivity contribution in [1.29, 1.82) is 0 Å². The van der Waals surface area contributed by atoms with E-state index in [4.69, 9.17) is 4.74 Å². The number of nitrogens with zero attached hydrogens (tertiary/aromatic N) is 1. The second-order valence-corrected chi connectivity index (χ2v) is 3.61. The molecule has 1 aromatic heterocycles. The highest BCUT2D eigenvalue weighted by molar-refractivity contribution is 5.42. The van der Waals surface area contributed by atoms with E-state index in [1.807, 2.05) is 0 Å². The first-order valence-corrected chi connectivity index (χ1v) is 5.48. The summed E-state index contributed by atoms with van der Waals surface area (Å²) < 4.78 is 43.0. The second-order valence-electron chi connectivity index (χ2n) is 3.61. The molecule has 0 saturated carbocycles. The molecule has 6 heteroatoms. The zero-order chi connectivity index (χ0) is 13.6. The van der Waals surface area contributed by atoms with Crippen molar-refractivity contribution in [2.24, 2.45) is 0 Å². The molecule has 1 rings (SSSR count). The Morgan fingerprint density at radius 3 is 2.72 bits per heavy atom. The van der Waals surface area contributed by atoms with E-state index in [9.17, 15) is 13.2 Å². The third-order valence-electron chi connectivity index (χ3n) is 2.19. The summed E-state index contributed by atoms with van der Waals surface area (Å²) >= 11 is 0.